The first-order valence-corrected chi connectivity index (χ1v) is 7.18. The Labute approximate surface area is 118 Å². The Hall–Kier alpha value is -2.08. The molecule has 106 valence electrons. The minimum atomic E-state index is -1.46. The lowest BCUT2D eigenvalue weighted by molar-refractivity contribution is 0.0656. The van der Waals surface area contributed by atoms with Crippen LogP contribution in [0.5, 0.6) is 5.75 Å². The first-order chi connectivity index (χ1) is 9.51. The molecule has 6 heteroatoms. The van der Waals surface area contributed by atoms with Crippen LogP contribution in [0.15, 0.2) is 39.8 Å². The van der Waals surface area contributed by atoms with Gasteiger partial charge in [0.1, 0.15) is 5.75 Å². The molecule has 1 aromatic heterocycles. The van der Waals surface area contributed by atoms with Crippen molar-refractivity contribution in [2.75, 3.05) is 7.11 Å². The van der Waals surface area contributed by atoms with E-state index in [-0.39, 0.29) is 16.6 Å². The van der Waals surface area contributed by atoms with Gasteiger partial charge in [-0.2, -0.15) is 0 Å². The molecule has 0 aliphatic rings. The van der Waals surface area contributed by atoms with Crippen LogP contribution in [0.1, 0.15) is 21.7 Å². The van der Waals surface area contributed by atoms with E-state index in [4.69, 9.17) is 14.3 Å². The van der Waals surface area contributed by atoms with E-state index in [9.17, 15) is 9.00 Å². The fourth-order valence-electron chi connectivity index (χ4n) is 1.79. The number of aromatic carboxylic acids is 1. The molecule has 2 aromatic rings. The molecule has 0 bridgehead atoms. The number of benzene rings is 1. The summed E-state index contributed by atoms with van der Waals surface area (Å²) in [6.07, 6.45) is 0. The van der Waals surface area contributed by atoms with Gasteiger partial charge in [-0.1, -0.05) is 17.7 Å². The van der Waals surface area contributed by atoms with Gasteiger partial charge in [0.05, 0.1) is 23.7 Å². The highest BCUT2D eigenvalue weighted by atomic mass is 32.2. The minimum Gasteiger partial charge on any atom is -0.496 e. The Kier molecular flexibility index (Phi) is 4.24. The van der Waals surface area contributed by atoms with Gasteiger partial charge < -0.3 is 14.3 Å². The summed E-state index contributed by atoms with van der Waals surface area (Å²) in [5.41, 5.74) is 1.82. The highest BCUT2D eigenvalue weighted by molar-refractivity contribution is 7.84. The van der Waals surface area contributed by atoms with E-state index >= 15 is 0 Å². The highest BCUT2D eigenvalue weighted by Crippen LogP contribution is 2.24. The van der Waals surface area contributed by atoms with Crippen molar-refractivity contribution in [3.63, 3.8) is 0 Å². The molecule has 0 aliphatic heterocycles. The number of ether oxygens (including phenoxy) is 1. The van der Waals surface area contributed by atoms with Crippen molar-refractivity contribution in [2.24, 2.45) is 0 Å². The molecule has 0 fully saturated rings. The number of methoxy groups -OCH3 is 1. The van der Waals surface area contributed by atoms with Gasteiger partial charge >= 0.3 is 5.97 Å². The summed E-state index contributed by atoms with van der Waals surface area (Å²) in [5, 5.41) is 8.92. The lowest BCUT2D eigenvalue weighted by atomic mass is 10.1. The van der Waals surface area contributed by atoms with E-state index in [0.717, 1.165) is 11.1 Å². The fraction of sp³-hybridized carbons (Fsp3) is 0.214. The molecule has 1 aromatic carbocycles. The standard InChI is InChI=1S/C14H14O5S/c1-9-3-4-11(18-2)10(7-9)8-20(17)13-6-5-12(19-13)14(15)16/h3-7H,8H2,1-2H3,(H,15,16). The van der Waals surface area contributed by atoms with Crippen LogP contribution in [0.3, 0.4) is 0 Å². The van der Waals surface area contributed by atoms with Crippen molar-refractivity contribution < 1.29 is 23.3 Å². The van der Waals surface area contributed by atoms with Gasteiger partial charge in [0.25, 0.3) is 0 Å². The summed E-state index contributed by atoms with van der Waals surface area (Å²) in [5.74, 6) is -0.544. The zero-order valence-corrected chi connectivity index (χ0v) is 11.9. The van der Waals surface area contributed by atoms with Crippen LogP contribution in [0.25, 0.3) is 0 Å². The number of carbonyl (C=O) groups is 1. The maximum absolute atomic E-state index is 12.2. The molecule has 0 spiro atoms. The summed E-state index contributed by atoms with van der Waals surface area (Å²) in [7, 11) is 0.0879. The third-order valence-corrected chi connectivity index (χ3v) is 3.98. The van der Waals surface area contributed by atoms with E-state index in [1.54, 1.807) is 7.11 Å². The van der Waals surface area contributed by atoms with Crippen molar-refractivity contribution in [1.29, 1.82) is 0 Å². The van der Waals surface area contributed by atoms with Gasteiger partial charge in [-0.3, -0.25) is 4.21 Å². The summed E-state index contributed by atoms with van der Waals surface area (Å²) in [6, 6.07) is 8.32. The number of hydrogen-bond donors (Lipinski definition) is 1. The molecule has 1 heterocycles. The van der Waals surface area contributed by atoms with Crippen LogP contribution in [0.4, 0.5) is 0 Å². The molecular weight excluding hydrogens is 280 g/mol. The Morgan fingerprint density at radius 3 is 2.70 bits per heavy atom. The van der Waals surface area contributed by atoms with Crippen molar-refractivity contribution >= 4 is 16.8 Å². The van der Waals surface area contributed by atoms with E-state index in [0.29, 0.717) is 5.75 Å². The van der Waals surface area contributed by atoms with E-state index < -0.39 is 16.8 Å². The van der Waals surface area contributed by atoms with Gasteiger partial charge in [0, 0.05) is 5.56 Å². The lowest BCUT2D eigenvalue weighted by Crippen LogP contribution is -1.99. The zero-order chi connectivity index (χ0) is 14.7. The van der Waals surface area contributed by atoms with Crippen LogP contribution in [-0.4, -0.2) is 22.4 Å². The van der Waals surface area contributed by atoms with Crippen LogP contribution >= 0.6 is 0 Å². The molecule has 0 aliphatic carbocycles. The monoisotopic (exact) mass is 294 g/mol. The molecule has 0 saturated carbocycles. The number of carboxylic acids is 1. The third-order valence-electron chi connectivity index (χ3n) is 2.74. The van der Waals surface area contributed by atoms with Gasteiger partial charge in [0.15, 0.2) is 5.09 Å². The van der Waals surface area contributed by atoms with Crippen molar-refractivity contribution in [2.45, 2.75) is 17.8 Å². The normalized spacial score (nSPS) is 12.1. The topological polar surface area (TPSA) is 76.7 Å². The number of rotatable bonds is 5. The molecule has 2 rings (SSSR count). The van der Waals surface area contributed by atoms with Crippen LogP contribution in [-0.2, 0) is 16.6 Å². The molecule has 5 nitrogen and oxygen atoms in total. The molecule has 0 radical (unpaired) electrons. The Morgan fingerprint density at radius 2 is 2.10 bits per heavy atom. The van der Waals surface area contributed by atoms with Crippen LogP contribution in [0, 0.1) is 6.92 Å². The van der Waals surface area contributed by atoms with Crippen LogP contribution in [0.2, 0.25) is 0 Å². The molecule has 1 unspecified atom stereocenters. The average molecular weight is 294 g/mol. The molecule has 1 atom stereocenters. The van der Waals surface area contributed by atoms with E-state index in [2.05, 4.69) is 0 Å². The molecule has 0 saturated heterocycles. The molecular formula is C14H14O5S. The smallest absolute Gasteiger partial charge is 0.371 e. The maximum atomic E-state index is 12.2. The first-order valence-electron chi connectivity index (χ1n) is 5.86. The predicted octanol–water partition coefficient (Wildman–Crippen LogP) is 2.60. The minimum absolute atomic E-state index is 0.144. The maximum Gasteiger partial charge on any atom is 0.371 e. The first kappa shape index (κ1) is 14.3. The van der Waals surface area contributed by atoms with Gasteiger partial charge in [0.2, 0.25) is 5.76 Å². The highest BCUT2D eigenvalue weighted by Gasteiger charge is 2.16. The number of furan rings is 1. The van der Waals surface area contributed by atoms with Crippen molar-refractivity contribution in [3.05, 3.63) is 47.2 Å². The Balaban J connectivity index is 2.22. The average Bonchev–Trinajstić information content (AvgIpc) is 2.89. The lowest BCUT2D eigenvalue weighted by Gasteiger charge is -2.08. The van der Waals surface area contributed by atoms with E-state index in [1.165, 1.54) is 12.1 Å². The largest absolute Gasteiger partial charge is 0.496 e. The second kappa shape index (κ2) is 5.92. The van der Waals surface area contributed by atoms with Crippen molar-refractivity contribution in [1.82, 2.24) is 0 Å². The molecule has 20 heavy (non-hydrogen) atoms. The molecule has 1 N–H and O–H groups in total. The summed E-state index contributed by atoms with van der Waals surface area (Å²) < 4.78 is 22.5. The van der Waals surface area contributed by atoms with Gasteiger partial charge in [-0.15, -0.1) is 0 Å². The number of aryl methyl sites for hydroxylation is 1. The number of carboxylic acid groups (broad SMARTS) is 1. The molecule has 0 amide bonds. The van der Waals surface area contributed by atoms with Gasteiger partial charge in [-0.25, -0.2) is 4.79 Å². The Morgan fingerprint density at radius 1 is 1.35 bits per heavy atom. The summed E-state index contributed by atoms with van der Waals surface area (Å²) >= 11 is 0. The third kappa shape index (κ3) is 3.08. The second-order valence-electron chi connectivity index (χ2n) is 4.23. The quantitative estimate of drug-likeness (QED) is 0.917. The van der Waals surface area contributed by atoms with E-state index in [1.807, 2.05) is 25.1 Å². The summed E-state index contributed by atoms with van der Waals surface area (Å²) in [6.45, 7) is 1.93. The second-order valence-corrected chi connectivity index (χ2v) is 5.61. The fourth-order valence-corrected chi connectivity index (χ4v) is 2.84. The van der Waals surface area contributed by atoms with Crippen LogP contribution < -0.4 is 4.74 Å². The zero-order valence-electron chi connectivity index (χ0n) is 11.1. The number of hydrogen-bond acceptors (Lipinski definition) is 4. The van der Waals surface area contributed by atoms with Gasteiger partial charge in [-0.05, 0) is 25.1 Å². The van der Waals surface area contributed by atoms with Crippen molar-refractivity contribution in [3.8, 4) is 5.75 Å². The Bertz CT molecular complexity index is 659. The summed E-state index contributed by atoms with van der Waals surface area (Å²) in [4.78, 5) is 10.7. The SMILES string of the molecule is COc1ccc(C)cc1CS(=O)c1ccc(C(=O)O)o1. The predicted molar refractivity (Wildman–Crippen MR) is 73.5 cm³/mol.